The Balaban J connectivity index is 1.95. The minimum Gasteiger partial charge on any atom is -0.375 e. The monoisotopic (exact) mass is 288 g/mol. The zero-order valence-electron chi connectivity index (χ0n) is 11.0. The first-order valence-corrected chi connectivity index (χ1v) is 8.04. The average Bonchev–Trinajstić information content (AvgIpc) is 2.95. The van der Waals surface area contributed by atoms with Gasteiger partial charge in [-0.25, -0.2) is 4.98 Å². The molecule has 4 heteroatoms. The van der Waals surface area contributed by atoms with Crippen LogP contribution < -0.4 is 5.73 Å². The van der Waals surface area contributed by atoms with Crippen molar-refractivity contribution >= 4 is 37.9 Å². The zero-order chi connectivity index (χ0) is 13.4. The summed E-state index contributed by atoms with van der Waals surface area (Å²) in [4.78, 5) is 5.75. The van der Waals surface area contributed by atoms with Crippen molar-refractivity contribution in [3.05, 3.63) is 45.8 Å². The molecule has 0 aliphatic rings. The van der Waals surface area contributed by atoms with Crippen LogP contribution in [0.2, 0.25) is 0 Å². The fraction of sp³-hybridized carbons (Fsp3) is 0.267. The Labute approximate surface area is 120 Å². The van der Waals surface area contributed by atoms with Gasteiger partial charge in [0.05, 0.1) is 5.69 Å². The van der Waals surface area contributed by atoms with Crippen LogP contribution in [0.15, 0.2) is 29.6 Å². The molecule has 0 aliphatic heterocycles. The van der Waals surface area contributed by atoms with Gasteiger partial charge in [-0.2, -0.15) is 0 Å². The molecule has 0 bridgehead atoms. The van der Waals surface area contributed by atoms with E-state index >= 15 is 0 Å². The first kappa shape index (κ1) is 12.6. The van der Waals surface area contributed by atoms with Crippen LogP contribution in [0.25, 0.3) is 10.1 Å². The Morgan fingerprint density at radius 2 is 2.11 bits per heavy atom. The smallest absolute Gasteiger partial charge is 0.180 e. The van der Waals surface area contributed by atoms with Crippen LogP contribution >= 0.6 is 22.7 Å². The number of hydrogen-bond donors (Lipinski definition) is 1. The van der Waals surface area contributed by atoms with Crippen molar-refractivity contribution in [3.8, 4) is 0 Å². The number of benzene rings is 1. The van der Waals surface area contributed by atoms with Crippen molar-refractivity contribution in [2.45, 2.75) is 26.2 Å². The normalized spacial score (nSPS) is 11.5. The minimum absolute atomic E-state index is 0.424. The summed E-state index contributed by atoms with van der Waals surface area (Å²) in [7, 11) is 0. The fourth-order valence-electron chi connectivity index (χ4n) is 2.27. The standard InChI is InChI=1S/C15H16N2S2/c1-9(2)14-13(19-15(16)17-14)8-10-3-4-12-11(7-10)5-6-18-12/h3-7,9H,8H2,1-2H3,(H2,16,17). The van der Waals surface area contributed by atoms with E-state index in [4.69, 9.17) is 5.73 Å². The molecular weight excluding hydrogens is 272 g/mol. The van der Waals surface area contributed by atoms with Gasteiger partial charge in [0.2, 0.25) is 0 Å². The van der Waals surface area contributed by atoms with E-state index < -0.39 is 0 Å². The van der Waals surface area contributed by atoms with Gasteiger partial charge in [0.15, 0.2) is 5.13 Å². The Morgan fingerprint density at radius 3 is 2.89 bits per heavy atom. The molecule has 0 spiro atoms. The maximum atomic E-state index is 5.85. The second kappa shape index (κ2) is 4.94. The molecule has 2 nitrogen and oxygen atoms in total. The summed E-state index contributed by atoms with van der Waals surface area (Å²) in [6.07, 6.45) is 0.925. The maximum Gasteiger partial charge on any atom is 0.180 e. The number of nitrogens with two attached hydrogens (primary N) is 1. The molecule has 2 aromatic heterocycles. The molecule has 19 heavy (non-hydrogen) atoms. The second-order valence-corrected chi connectivity index (χ2v) is 7.05. The van der Waals surface area contributed by atoms with Crippen LogP contribution in [0, 0.1) is 0 Å². The van der Waals surface area contributed by atoms with E-state index in [1.165, 1.54) is 20.5 Å². The van der Waals surface area contributed by atoms with Crippen molar-refractivity contribution in [2.24, 2.45) is 0 Å². The number of rotatable bonds is 3. The van der Waals surface area contributed by atoms with E-state index in [0.717, 1.165) is 12.1 Å². The Kier molecular flexibility index (Phi) is 3.29. The molecule has 1 aromatic carbocycles. The van der Waals surface area contributed by atoms with Crippen molar-refractivity contribution < 1.29 is 0 Å². The predicted molar refractivity (Wildman–Crippen MR) is 85.2 cm³/mol. The number of hydrogen-bond acceptors (Lipinski definition) is 4. The van der Waals surface area contributed by atoms with Gasteiger partial charge in [-0.1, -0.05) is 19.9 Å². The van der Waals surface area contributed by atoms with Gasteiger partial charge in [-0.15, -0.1) is 22.7 Å². The van der Waals surface area contributed by atoms with E-state index in [2.05, 4.69) is 48.5 Å². The summed E-state index contributed by atoms with van der Waals surface area (Å²) in [5, 5.41) is 4.14. The molecule has 0 fully saturated rings. The van der Waals surface area contributed by atoms with Crippen molar-refractivity contribution in [3.63, 3.8) is 0 Å². The first-order valence-electron chi connectivity index (χ1n) is 6.34. The van der Waals surface area contributed by atoms with Gasteiger partial charge in [-0.05, 0) is 40.4 Å². The Hall–Kier alpha value is -1.39. The number of nitrogens with zero attached hydrogens (tertiary/aromatic N) is 1. The van der Waals surface area contributed by atoms with E-state index in [9.17, 15) is 0 Å². The molecule has 0 radical (unpaired) electrons. The molecular formula is C15H16N2S2. The summed E-state index contributed by atoms with van der Waals surface area (Å²) in [6.45, 7) is 4.33. The van der Waals surface area contributed by atoms with Crippen LogP contribution in [0.4, 0.5) is 5.13 Å². The lowest BCUT2D eigenvalue weighted by Gasteiger charge is -2.05. The van der Waals surface area contributed by atoms with Crippen molar-refractivity contribution in [2.75, 3.05) is 5.73 Å². The molecule has 0 saturated heterocycles. The zero-order valence-corrected chi connectivity index (χ0v) is 12.6. The quantitative estimate of drug-likeness (QED) is 0.761. The number of anilines is 1. The molecule has 0 aliphatic carbocycles. The third kappa shape index (κ3) is 2.51. The van der Waals surface area contributed by atoms with Gasteiger partial charge < -0.3 is 5.73 Å². The Bertz CT molecular complexity index is 710. The van der Waals surface area contributed by atoms with Crippen LogP contribution in [0.5, 0.6) is 0 Å². The third-order valence-corrected chi connectivity index (χ3v) is 4.97. The summed E-state index contributed by atoms with van der Waals surface area (Å²) in [5.74, 6) is 0.424. The molecule has 0 saturated carbocycles. The largest absolute Gasteiger partial charge is 0.375 e. The van der Waals surface area contributed by atoms with Crippen molar-refractivity contribution in [1.82, 2.24) is 4.98 Å². The first-order chi connectivity index (χ1) is 9.13. The summed E-state index contributed by atoms with van der Waals surface area (Å²) in [5.41, 5.74) is 8.33. The second-order valence-electron chi connectivity index (χ2n) is 4.98. The highest BCUT2D eigenvalue weighted by molar-refractivity contribution is 7.17. The van der Waals surface area contributed by atoms with E-state index in [-0.39, 0.29) is 0 Å². The SMILES string of the molecule is CC(C)c1nc(N)sc1Cc1ccc2sccc2c1. The Morgan fingerprint density at radius 1 is 1.26 bits per heavy atom. The lowest BCUT2D eigenvalue weighted by atomic mass is 10.0. The number of fused-ring (bicyclic) bond motifs is 1. The highest BCUT2D eigenvalue weighted by Crippen LogP contribution is 2.30. The van der Waals surface area contributed by atoms with Gasteiger partial charge >= 0.3 is 0 Å². The van der Waals surface area contributed by atoms with Crippen LogP contribution in [0.3, 0.4) is 0 Å². The van der Waals surface area contributed by atoms with Crippen LogP contribution in [0.1, 0.15) is 35.9 Å². The number of thiophene rings is 1. The average molecular weight is 288 g/mol. The number of thiazole rings is 1. The van der Waals surface area contributed by atoms with E-state index in [1.54, 1.807) is 22.7 Å². The number of nitrogen functional groups attached to an aromatic ring is 1. The molecule has 3 aromatic rings. The molecule has 2 heterocycles. The van der Waals surface area contributed by atoms with Crippen LogP contribution in [-0.2, 0) is 6.42 Å². The third-order valence-electron chi connectivity index (χ3n) is 3.17. The molecule has 2 N–H and O–H groups in total. The maximum absolute atomic E-state index is 5.85. The van der Waals surface area contributed by atoms with Gasteiger partial charge in [-0.3, -0.25) is 0 Å². The molecule has 0 unspecified atom stereocenters. The van der Waals surface area contributed by atoms with Gasteiger partial charge in [0.25, 0.3) is 0 Å². The lowest BCUT2D eigenvalue weighted by Crippen LogP contribution is -1.95. The molecule has 98 valence electrons. The topological polar surface area (TPSA) is 38.9 Å². The summed E-state index contributed by atoms with van der Waals surface area (Å²) < 4.78 is 1.34. The molecule has 0 amide bonds. The molecule has 0 atom stereocenters. The van der Waals surface area contributed by atoms with Crippen LogP contribution in [-0.4, -0.2) is 4.98 Å². The van der Waals surface area contributed by atoms with E-state index in [0.29, 0.717) is 11.0 Å². The number of aromatic nitrogens is 1. The van der Waals surface area contributed by atoms with Crippen molar-refractivity contribution in [1.29, 1.82) is 0 Å². The van der Waals surface area contributed by atoms with Gasteiger partial charge in [0.1, 0.15) is 0 Å². The summed E-state index contributed by atoms with van der Waals surface area (Å²) >= 11 is 3.40. The predicted octanol–water partition coefficient (Wildman–Crippen LogP) is 4.65. The lowest BCUT2D eigenvalue weighted by molar-refractivity contribution is 0.820. The summed E-state index contributed by atoms with van der Waals surface area (Å²) in [6, 6.07) is 8.85. The highest BCUT2D eigenvalue weighted by Gasteiger charge is 2.13. The fourth-order valence-corrected chi connectivity index (χ4v) is 4.06. The van der Waals surface area contributed by atoms with E-state index in [1.807, 2.05) is 0 Å². The highest BCUT2D eigenvalue weighted by atomic mass is 32.1. The minimum atomic E-state index is 0.424. The molecule has 3 rings (SSSR count). The van der Waals surface area contributed by atoms with Gasteiger partial charge in [0, 0.05) is 16.0 Å².